The van der Waals surface area contributed by atoms with Gasteiger partial charge in [-0.15, -0.1) is 0 Å². The van der Waals surface area contributed by atoms with Gasteiger partial charge in [0.25, 0.3) is 0 Å². The van der Waals surface area contributed by atoms with E-state index in [1.54, 1.807) is 7.11 Å². The molecule has 0 aliphatic heterocycles. The SMILES string of the molecule is COc1ccc(CC(O)CCc2ccccc2)cc1. The molecule has 0 radical (unpaired) electrons. The van der Waals surface area contributed by atoms with Crippen molar-refractivity contribution in [1.29, 1.82) is 0 Å². The maximum Gasteiger partial charge on any atom is 0.118 e. The van der Waals surface area contributed by atoms with Crippen LogP contribution in [0.3, 0.4) is 0 Å². The first-order valence-corrected chi connectivity index (χ1v) is 6.63. The summed E-state index contributed by atoms with van der Waals surface area (Å²) in [6.45, 7) is 0. The Labute approximate surface area is 114 Å². The van der Waals surface area contributed by atoms with Crippen molar-refractivity contribution in [3.8, 4) is 5.75 Å². The molecule has 0 aromatic heterocycles. The lowest BCUT2D eigenvalue weighted by molar-refractivity contribution is 0.165. The minimum Gasteiger partial charge on any atom is -0.497 e. The summed E-state index contributed by atoms with van der Waals surface area (Å²) in [7, 11) is 1.66. The highest BCUT2D eigenvalue weighted by atomic mass is 16.5. The third-order valence-electron chi connectivity index (χ3n) is 3.24. The number of aliphatic hydroxyl groups excluding tert-OH is 1. The van der Waals surface area contributed by atoms with Gasteiger partial charge in [-0.2, -0.15) is 0 Å². The number of hydrogen-bond acceptors (Lipinski definition) is 2. The van der Waals surface area contributed by atoms with Crippen LogP contribution in [0.4, 0.5) is 0 Å². The summed E-state index contributed by atoms with van der Waals surface area (Å²) >= 11 is 0. The van der Waals surface area contributed by atoms with E-state index >= 15 is 0 Å². The van der Waals surface area contributed by atoms with Crippen molar-refractivity contribution in [3.63, 3.8) is 0 Å². The lowest BCUT2D eigenvalue weighted by Gasteiger charge is -2.11. The summed E-state index contributed by atoms with van der Waals surface area (Å²) in [5.41, 5.74) is 2.41. The maximum atomic E-state index is 10.1. The van der Waals surface area contributed by atoms with Crippen molar-refractivity contribution >= 4 is 0 Å². The fraction of sp³-hybridized carbons (Fsp3) is 0.294. The number of hydrogen-bond donors (Lipinski definition) is 1. The van der Waals surface area contributed by atoms with Gasteiger partial charge in [0.2, 0.25) is 0 Å². The highest BCUT2D eigenvalue weighted by Crippen LogP contribution is 2.14. The van der Waals surface area contributed by atoms with Crippen molar-refractivity contribution in [3.05, 3.63) is 65.7 Å². The molecule has 0 amide bonds. The van der Waals surface area contributed by atoms with Gasteiger partial charge in [-0.05, 0) is 42.5 Å². The van der Waals surface area contributed by atoms with E-state index in [4.69, 9.17) is 4.74 Å². The van der Waals surface area contributed by atoms with Gasteiger partial charge in [0.05, 0.1) is 13.2 Å². The molecule has 100 valence electrons. The van der Waals surface area contributed by atoms with Crippen LogP contribution >= 0.6 is 0 Å². The third-order valence-corrected chi connectivity index (χ3v) is 3.24. The Morgan fingerprint density at radius 3 is 2.26 bits per heavy atom. The Bertz CT molecular complexity index is 476. The molecule has 0 aliphatic rings. The van der Waals surface area contributed by atoms with E-state index in [-0.39, 0.29) is 6.10 Å². The Balaban J connectivity index is 1.82. The second-order valence-electron chi connectivity index (χ2n) is 4.73. The smallest absolute Gasteiger partial charge is 0.118 e. The van der Waals surface area contributed by atoms with Gasteiger partial charge in [-0.3, -0.25) is 0 Å². The van der Waals surface area contributed by atoms with E-state index in [9.17, 15) is 5.11 Å². The van der Waals surface area contributed by atoms with E-state index in [0.717, 1.165) is 24.2 Å². The van der Waals surface area contributed by atoms with E-state index in [0.29, 0.717) is 6.42 Å². The molecule has 0 aliphatic carbocycles. The normalized spacial score (nSPS) is 12.1. The monoisotopic (exact) mass is 256 g/mol. The fourth-order valence-corrected chi connectivity index (χ4v) is 2.11. The first-order chi connectivity index (χ1) is 9.28. The van der Waals surface area contributed by atoms with Gasteiger partial charge in [0.1, 0.15) is 5.75 Å². The van der Waals surface area contributed by atoms with E-state index in [1.807, 2.05) is 42.5 Å². The van der Waals surface area contributed by atoms with Gasteiger partial charge < -0.3 is 9.84 Å². The van der Waals surface area contributed by atoms with Crippen LogP contribution < -0.4 is 4.74 Å². The molecule has 2 rings (SSSR count). The first kappa shape index (κ1) is 13.6. The summed E-state index contributed by atoms with van der Waals surface area (Å²) in [6.07, 6.45) is 2.10. The second-order valence-corrected chi connectivity index (χ2v) is 4.73. The molecule has 1 atom stereocenters. The van der Waals surface area contributed by atoms with Crippen LogP contribution in [0.1, 0.15) is 17.5 Å². The summed E-state index contributed by atoms with van der Waals surface area (Å²) < 4.78 is 5.12. The highest BCUT2D eigenvalue weighted by molar-refractivity contribution is 5.27. The zero-order valence-electron chi connectivity index (χ0n) is 11.3. The van der Waals surface area contributed by atoms with Gasteiger partial charge in [-0.25, -0.2) is 0 Å². The van der Waals surface area contributed by atoms with Crippen LogP contribution in [0.15, 0.2) is 54.6 Å². The lowest BCUT2D eigenvalue weighted by Crippen LogP contribution is -2.11. The number of benzene rings is 2. The maximum absolute atomic E-state index is 10.1. The van der Waals surface area contributed by atoms with Crippen LogP contribution in [-0.4, -0.2) is 18.3 Å². The number of ether oxygens (including phenoxy) is 1. The molecule has 0 bridgehead atoms. The average molecular weight is 256 g/mol. The molecular formula is C17H20O2. The second kappa shape index (κ2) is 6.95. The van der Waals surface area contributed by atoms with Gasteiger partial charge >= 0.3 is 0 Å². The van der Waals surface area contributed by atoms with E-state index in [2.05, 4.69) is 12.1 Å². The molecule has 2 aromatic rings. The van der Waals surface area contributed by atoms with Crippen LogP contribution in [0.2, 0.25) is 0 Å². The van der Waals surface area contributed by atoms with Gasteiger partial charge in [0, 0.05) is 0 Å². The molecule has 0 saturated carbocycles. The van der Waals surface area contributed by atoms with Crippen molar-refractivity contribution in [2.75, 3.05) is 7.11 Å². The number of methoxy groups -OCH3 is 1. The average Bonchev–Trinajstić information content (AvgIpc) is 2.47. The molecule has 0 saturated heterocycles. The molecule has 2 heteroatoms. The first-order valence-electron chi connectivity index (χ1n) is 6.63. The van der Waals surface area contributed by atoms with Crippen molar-refractivity contribution in [1.82, 2.24) is 0 Å². The predicted octanol–water partition coefficient (Wildman–Crippen LogP) is 3.23. The molecule has 0 fully saturated rings. The van der Waals surface area contributed by atoms with Crippen molar-refractivity contribution < 1.29 is 9.84 Å². The van der Waals surface area contributed by atoms with Gasteiger partial charge in [0.15, 0.2) is 0 Å². The zero-order valence-corrected chi connectivity index (χ0v) is 11.3. The van der Waals surface area contributed by atoms with Crippen LogP contribution in [0.25, 0.3) is 0 Å². The summed E-state index contributed by atoms with van der Waals surface area (Å²) in [6, 6.07) is 18.1. The Kier molecular flexibility index (Phi) is 4.99. The molecule has 19 heavy (non-hydrogen) atoms. The van der Waals surface area contributed by atoms with Crippen LogP contribution in [0, 0.1) is 0 Å². The minimum absolute atomic E-state index is 0.298. The molecule has 1 unspecified atom stereocenters. The standard InChI is InChI=1S/C17H20O2/c1-19-17-11-8-15(9-12-17)13-16(18)10-7-14-5-3-2-4-6-14/h2-6,8-9,11-12,16,18H,7,10,13H2,1H3. The van der Waals surface area contributed by atoms with Crippen LogP contribution in [0.5, 0.6) is 5.75 Å². The molecule has 0 heterocycles. The topological polar surface area (TPSA) is 29.5 Å². The Hall–Kier alpha value is -1.80. The molecule has 2 aromatic carbocycles. The number of aliphatic hydroxyl groups is 1. The third kappa shape index (κ3) is 4.42. The van der Waals surface area contributed by atoms with Crippen LogP contribution in [-0.2, 0) is 12.8 Å². The Morgan fingerprint density at radius 1 is 0.947 bits per heavy atom. The fourth-order valence-electron chi connectivity index (χ4n) is 2.11. The zero-order chi connectivity index (χ0) is 13.5. The summed E-state index contributed by atoms with van der Waals surface area (Å²) in [5.74, 6) is 0.850. The van der Waals surface area contributed by atoms with E-state index in [1.165, 1.54) is 5.56 Å². The molecule has 0 spiro atoms. The number of aryl methyl sites for hydroxylation is 1. The number of rotatable bonds is 6. The molecular weight excluding hydrogens is 236 g/mol. The quantitative estimate of drug-likeness (QED) is 0.859. The largest absolute Gasteiger partial charge is 0.497 e. The van der Waals surface area contributed by atoms with Crippen molar-refractivity contribution in [2.45, 2.75) is 25.4 Å². The Morgan fingerprint density at radius 2 is 1.63 bits per heavy atom. The van der Waals surface area contributed by atoms with Crippen molar-refractivity contribution in [2.24, 2.45) is 0 Å². The predicted molar refractivity (Wildman–Crippen MR) is 77.5 cm³/mol. The van der Waals surface area contributed by atoms with E-state index < -0.39 is 0 Å². The highest BCUT2D eigenvalue weighted by Gasteiger charge is 2.06. The summed E-state index contributed by atoms with van der Waals surface area (Å²) in [5, 5.41) is 10.1. The lowest BCUT2D eigenvalue weighted by atomic mass is 10.0. The summed E-state index contributed by atoms with van der Waals surface area (Å²) in [4.78, 5) is 0. The van der Waals surface area contributed by atoms with Gasteiger partial charge in [-0.1, -0.05) is 42.5 Å². The molecule has 1 N–H and O–H groups in total. The minimum atomic E-state index is -0.298. The molecule has 2 nitrogen and oxygen atoms in total.